The fourth-order valence-corrected chi connectivity index (χ4v) is 8.35. The lowest BCUT2D eigenvalue weighted by Crippen LogP contribution is -2.44. The van der Waals surface area contributed by atoms with Crippen molar-refractivity contribution in [1.29, 1.82) is 0 Å². The number of aromatic nitrogens is 2. The molecule has 0 spiro atoms. The Morgan fingerprint density at radius 3 is 1.75 bits per heavy atom. The van der Waals surface area contributed by atoms with Crippen LogP contribution < -0.4 is 10.6 Å². The van der Waals surface area contributed by atoms with Gasteiger partial charge in [0.1, 0.15) is 20.1 Å². The monoisotopic (exact) mass is 912 g/mol. The van der Waals surface area contributed by atoms with Crippen LogP contribution in [-0.2, 0) is 51.8 Å². The smallest absolute Gasteiger partial charge is 0.435 e. The average Bonchev–Trinajstić information content (AvgIpc) is 3.56. The standard InChI is InChI=1S/C20H23F3N2O3S.C17H16ClF3N2O5S2/c1-18(2,3)13-7-6-8-14(11-13)25-17(26)19(4,5)29(27,28)15-9-10-16(24-12-15)20(21,22)23;1-4-28-13(24)11-12(17(19,20)21)22-15(29-11)23-14(25)16(2,3)30(26,27)10-7-5-9(18)6-8-10/h6-12H,1-5H3,(H,25,26);5-8H,4H2,1-3H3,(H,22,23,25). The zero-order valence-corrected chi connectivity index (χ0v) is 35.8. The Bertz CT molecular complexity index is 2410. The Hall–Kier alpha value is -4.60. The van der Waals surface area contributed by atoms with Gasteiger partial charge in [0.25, 0.3) is 0 Å². The number of benzene rings is 2. The fraction of sp³-hybridized carbons (Fsp3) is 0.378. The van der Waals surface area contributed by atoms with E-state index in [4.69, 9.17) is 11.6 Å². The van der Waals surface area contributed by atoms with Crippen molar-refractivity contribution in [3.63, 3.8) is 0 Å². The van der Waals surface area contributed by atoms with Gasteiger partial charge in [0, 0.05) is 16.9 Å². The summed E-state index contributed by atoms with van der Waals surface area (Å²) in [7, 11) is -8.54. The summed E-state index contributed by atoms with van der Waals surface area (Å²) in [5, 5.41) is 4.34. The van der Waals surface area contributed by atoms with Crippen molar-refractivity contribution in [1.82, 2.24) is 9.97 Å². The molecule has 2 aromatic heterocycles. The van der Waals surface area contributed by atoms with Crippen LogP contribution in [0.15, 0.2) is 76.7 Å². The summed E-state index contributed by atoms with van der Waals surface area (Å²) in [6.07, 6.45) is -9.05. The van der Waals surface area contributed by atoms with Crippen molar-refractivity contribution in [2.75, 3.05) is 17.2 Å². The first-order valence-electron chi connectivity index (χ1n) is 17.0. The van der Waals surface area contributed by atoms with Crippen molar-refractivity contribution in [3.05, 3.63) is 93.7 Å². The fourth-order valence-electron chi connectivity index (χ4n) is 4.65. The van der Waals surface area contributed by atoms with Gasteiger partial charge in [-0.2, -0.15) is 26.3 Å². The second kappa shape index (κ2) is 17.6. The van der Waals surface area contributed by atoms with Gasteiger partial charge in [-0.1, -0.05) is 55.8 Å². The number of alkyl halides is 6. The van der Waals surface area contributed by atoms with Gasteiger partial charge in [-0.15, -0.1) is 0 Å². The molecule has 12 nitrogen and oxygen atoms in total. The molecule has 322 valence electrons. The number of thiazole rings is 1. The number of sulfone groups is 2. The van der Waals surface area contributed by atoms with E-state index in [-0.39, 0.29) is 33.3 Å². The number of anilines is 2. The highest BCUT2D eigenvalue weighted by Crippen LogP contribution is 2.38. The van der Waals surface area contributed by atoms with Crippen LogP contribution in [-0.4, -0.2) is 60.7 Å². The van der Waals surface area contributed by atoms with Gasteiger partial charge in [-0.05, 0) is 94.1 Å². The molecule has 2 amide bonds. The third-order valence-corrected chi connectivity index (χ3v) is 14.5. The predicted molar refractivity (Wildman–Crippen MR) is 209 cm³/mol. The van der Waals surface area contributed by atoms with Crippen molar-refractivity contribution < 1.29 is 62.3 Å². The number of rotatable bonds is 10. The van der Waals surface area contributed by atoms with Crippen molar-refractivity contribution >= 4 is 71.2 Å². The molecule has 4 rings (SSSR count). The molecular weight excluding hydrogens is 874 g/mol. The molecule has 0 aliphatic heterocycles. The summed E-state index contributed by atoms with van der Waals surface area (Å²) in [6, 6.07) is 13.5. The second-order valence-electron chi connectivity index (χ2n) is 14.5. The molecule has 0 unspecified atom stereocenters. The van der Waals surface area contributed by atoms with Gasteiger partial charge in [0.15, 0.2) is 30.5 Å². The molecule has 0 aliphatic carbocycles. The summed E-state index contributed by atoms with van der Waals surface area (Å²) in [6.45, 7) is 11.8. The lowest BCUT2D eigenvalue weighted by Gasteiger charge is -2.25. The summed E-state index contributed by atoms with van der Waals surface area (Å²) in [5.74, 6) is -3.19. The van der Waals surface area contributed by atoms with Crippen LogP contribution in [0.25, 0.3) is 0 Å². The minimum atomic E-state index is -4.98. The summed E-state index contributed by atoms with van der Waals surface area (Å²) >= 11 is 5.97. The van der Waals surface area contributed by atoms with E-state index in [0.717, 1.165) is 25.5 Å². The number of pyridine rings is 1. The molecule has 4 aromatic rings. The van der Waals surface area contributed by atoms with Crippen LogP contribution in [0.1, 0.15) is 82.0 Å². The molecule has 0 saturated heterocycles. The van der Waals surface area contributed by atoms with E-state index in [0.29, 0.717) is 18.0 Å². The molecule has 0 fully saturated rings. The minimum Gasteiger partial charge on any atom is -0.462 e. The number of amides is 2. The third kappa shape index (κ3) is 11.2. The summed E-state index contributed by atoms with van der Waals surface area (Å²) in [4.78, 5) is 42.1. The van der Waals surface area contributed by atoms with Crippen molar-refractivity contribution in [2.24, 2.45) is 0 Å². The molecule has 2 N–H and O–H groups in total. The highest BCUT2D eigenvalue weighted by atomic mass is 35.5. The number of esters is 1. The molecule has 0 atom stereocenters. The van der Waals surface area contributed by atoms with E-state index >= 15 is 0 Å². The Morgan fingerprint density at radius 1 is 0.746 bits per heavy atom. The van der Waals surface area contributed by atoms with Crippen LogP contribution in [0, 0.1) is 0 Å². The molecule has 0 saturated carbocycles. The maximum Gasteiger partial charge on any atom is 0.435 e. The third-order valence-electron chi connectivity index (χ3n) is 8.46. The highest BCUT2D eigenvalue weighted by Gasteiger charge is 2.46. The number of hydrogen-bond donors (Lipinski definition) is 2. The van der Waals surface area contributed by atoms with Gasteiger partial charge < -0.3 is 15.4 Å². The van der Waals surface area contributed by atoms with Crippen molar-refractivity contribution in [2.45, 2.75) is 92.4 Å². The predicted octanol–water partition coefficient (Wildman–Crippen LogP) is 8.77. The number of nitrogens with one attached hydrogen (secondary N) is 2. The maximum absolute atomic E-state index is 13.2. The molecule has 0 bridgehead atoms. The number of ether oxygens (including phenoxy) is 1. The molecule has 2 heterocycles. The Morgan fingerprint density at radius 2 is 1.27 bits per heavy atom. The first-order valence-corrected chi connectivity index (χ1v) is 21.2. The SMILES string of the molecule is CC(C)(C)c1cccc(NC(=O)C(C)(C)S(=O)(=O)c2ccc(C(F)(F)F)nc2)c1.CCOC(=O)c1sc(NC(=O)C(C)(C)S(=O)(=O)c2ccc(Cl)cc2)nc1C(F)(F)F. The number of nitrogens with zero attached hydrogens (tertiary/aromatic N) is 2. The van der Waals surface area contributed by atoms with Crippen LogP contribution >= 0.6 is 22.9 Å². The van der Waals surface area contributed by atoms with Gasteiger partial charge >= 0.3 is 18.3 Å². The van der Waals surface area contributed by atoms with E-state index in [9.17, 15) is 57.6 Å². The highest BCUT2D eigenvalue weighted by molar-refractivity contribution is 7.94. The van der Waals surface area contributed by atoms with Crippen LogP contribution in [0.2, 0.25) is 5.02 Å². The molecule has 2 aromatic carbocycles. The number of carbonyl (C=O) groups is 3. The van der Waals surface area contributed by atoms with Gasteiger partial charge in [-0.25, -0.2) is 26.6 Å². The normalized spacial score (nSPS) is 12.9. The minimum absolute atomic E-state index is 0.165. The summed E-state index contributed by atoms with van der Waals surface area (Å²) < 4.78 is 130. The molecule has 22 heteroatoms. The lowest BCUT2D eigenvalue weighted by molar-refractivity contribution is -0.142. The molecule has 59 heavy (non-hydrogen) atoms. The quantitative estimate of drug-likeness (QED) is 0.115. The maximum atomic E-state index is 13.2. The zero-order valence-electron chi connectivity index (χ0n) is 32.6. The average molecular weight is 913 g/mol. The van der Waals surface area contributed by atoms with E-state index < -0.39 is 85.6 Å². The van der Waals surface area contributed by atoms with Crippen molar-refractivity contribution in [3.8, 4) is 0 Å². The van der Waals surface area contributed by atoms with Gasteiger partial charge in [0.05, 0.1) is 16.4 Å². The number of halogens is 7. The van der Waals surface area contributed by atoms with E-state index in [1.54, 1.807) is 18.2 Å². The van der Waals surface area contributed by atoms with E-state index in [1.165, 1.54) is 45.0 Å². The Balaban J connectivity index is 0.000000316. The molecular formula is C37H39ClF6N4O8S3. The summed E-state index contributed by atoms with van der Waals surface area (Å²) in [5.41, 5.74) is -1.54. The van der Waals surface area contributed by atoms with Gasteiger partial charge in [0.2, 0.25) is 11.8 Å². The Labute approximate surface area is 345 Å². The van der Waals surface area contributed by atoms with Gasteiger partial charge in [-0.3, -0.25) is 14.6 Å². The van der Waals surface area contributed by atoms with E-state index in [1.807, 2.05) is 26.8 Å². The first kappa shape index (κ1) is 48.8. The number of hydrogen-bond acceptors (Lipinski definition) is 11. The van der Waals surface area contributed by atoms with Crippen LogP contribution in [0.4, 0.5) is 37.2 Å². The lowest BCUT2D eigenvalue weighted by atomic mass is 9.87. The van der Waals surface area contributed by atoms with Crippen LogP contribution in [0.3, 0.4) is 0 Å². The van der Waals surface area contributed by atoms with Crippen LogP contribution in [0.5, 0.6) is 0 Å². The first-order chi connectivity index (χ1) is 26.8. The Kier molecular flexibility index (Phi) is 14.5. The number of carbonyl (C=O) groups excluding carboxylic acids is 3. The largest absolute Gasteiger partial charge is 0.462 e. The second-order valence-corrected chi connectivity index (χ2v) is 20.9. The molecule has 0 aliphatic rings. The topological polar surface area (TPSA) is 179 Å². The molecule has 0 radical (unpaired) electrons. The zero-order chi connectivity index (χ0) is 45.2. The van der Waals surface area contributed by atoms with E-state index in [2.05, 4.69) is 25.3 Å².